The Labute approximate surface area is 196 Å². The predicted molar refractivity (Wildman–Crippen MR) is 131 cm³/mol. The summed E-state index contributed by atoms with van der Waals surface area (Å²) in [6.45, 7) is 4.98. The van der Waals surface area contributed by atoms with Crippen LogP contribution in [0.15, 0.2) is 28.2 Å². The third kappa shape index (κ3) is 5.76. The van der Waals surface area contributed by atoms with Crippen LogP contribution in [0.1, 0.15) is 58.3 Å². The second-order valence-corrected chi connectivity index (χ2v) is 9.13. The fourth-order valence-electron chi connectivity index (χ4n) is 5.11. The maximum absolute atomic E-state index is 14.5. The summed E-state index contributed by atoms with van der Waals surface area (Å²) >= 11 is 0. The minimum Gasteiger partial charge on any atom is -0.494 e. The monoisotopic (exact) mass is 459 g/mol. The third-order valence-corrected chi connectivity index (χ3v) is 6.95. The van der Waals surface area contributed by atoms with Crippen LogP contribution in [0.2, 0.25) is 0 Å². The number of hydrogen-bond acceptors (Lipinski definition) is 6. The molecular formula is C24H38FN7O. The first kappa shape index (κ1) is 23.8. The Bertz CT molecular complexity index is 853. The number of benzene rings is 1. The van der Waals surface area contributed by atoms with E-state index in [1.807, 2.05) is 0 Å². The van der Waals surface area contributed by atoms with Gasteiger partial charge in [-0.3, -0.25) is 25.8 Å². The van der Waals surface area contributed by atoms with Gasteiger partial charge in [0, 0.05) is 18.2 Å². The fourth-order valence-corrected chi connectivity index (χ4v) is 5.11. The Morgan fingerprint density at radius 2 is 2.00 bits per heavy atom. The highest BCUT2D eigenvalue weighted by molar-refractivity contribution is 6.09. The van der Waals surface area contributed by atoms with E-state index in [1.165, 1.54) is 45.3 Å². The molecular weight excluding hydrogens is 421 g/mol. The molecule has 0 spiro atoms. The standard InChI is InChI=1S/C24H38FN7O/c1-3-31-14-8-11-19(31)16-27-24-30-23(28-17-9-6-4-5-7-10-17)29-22(26)32(24)18-12-13-21(33-2)20(25)15-18/h12-13,15,17,19,22H,3-11,14,16,26H2,1-2H3,(H2,27,28,29,30). The topological polar surface area (TPSA) is 90.5 Å². The minimum atomic E-state index is -0.711. The minimum absolute atomic E-state index is 0.194. The number of ether oxygens (including phenoxy) is 1. The molecule has 1 aromatic carbocycles. The van der Waals surface area contributed by atoms with Gasteiger partial charge in [-0.1, -0.05) is 32.6 Å². The molecule has 4 N–H and O–H groups in total. The molecule has 2 atom stereocenters. The van der Waals surface area contributed by atoms with Gasteiger partial charge >= 0.3 is 0 Å². The number of anilines is 1. The molecule has 0 aromatic heterocycles. The first-order chi connectivity index (χ1) is 16.1. The summed E-state index contributed by atoms with van der Waals surface area (Å²) in [4.78, 5) is 13.8. The number of nitrogens with two attached hydrogens (primary N) is 1. The number of hydrogen-bond donors (Lipinski definition) is 3. The zero-order valence-electron chi connectivity index (χ0n) is 19.9. The third-order valence-electron chi connectivity index (χ3n) is 6.95. The maximum atomic E-state index is 14.5. The number of halogens is 1. The second kappa shape index (κ2) is 11.2. The van der Waals surface area contributed by atoms with Gasteiger partial charge in [0.1, 0.15) is 0 Å². The average Bonchev–Trinajstić information content (AvgIpc) is 3.12. The quantitative estimate of drug-likeness (QED) is 0.567. The number of nitrogens with zero attached hydrogens (tertiary/aromatic N) is 4. The SMILES string of the molecule is CCN1CCCC1CN=C1NC(NC2CCCCCC2)=NC(N)N1c1ccc(OC)c(F)c1. The van der Waals surface area contributed by atoms with Crippen molar-refractivity contribution < 1.29 is 9.13 Å². The van der Waals surface area contributed by atoms with Crippen molar-refractivity contribution >= 4 is 17.6 Å². The molecule has 2 heterocycles. The summed E-state index contributed by atoms with van der Waals surface area (Å²) in [6, 6.07) is 5.60. The van der Waals surface area contributed by atoms with Crippen LogP contribution in [0, 0.1) is 5.82 Å². The molecule has 1 saturated carbocycles. The predicted octanol–water partition coefficient (Wildman–Crippen LogP) is 2.99. The Balaban J connectivity index is 1.58. The Morgan fingerprint density at radius 1 is 1.21 bits per heavy atom. The van der Waals surface area contributed by atoms with E-state index in [9.17, 15) is 4.39 Å². The van der Waals surface area contributed by atoms with Crippen LogP contribution in [0.5, 0.6) is 5.75 Å². The number of likely N-dealkylation sites (tertiary alicyclic amines) is 1. The maximum Gasteiger partial charge on any atom is 0.208 e. The van der Waals surface area contributed by atoms with Crippen molar-refractivity contribution in [1.29, 1.82) is 0 Å². The van der Waals surface area contributed by atoms with Gasteiger partial charge < -0.3 is 10.1 Å². The van der Waals surface area contributed by atoms with E-state index >= 15 is 0 Å². The van der Waals surface area contributed by atoms with Crippen molar-refractivity contribution in [3.05, 3.63) is 24.0 Å². The Kier molecular flexibility index (Phi) is 8.03. The molecule has 8 nitrogen and oxygen atoms in total. The summed E-state index contributed by atoms with van der Waals surface area (Å²) in [5, 5.41) is 6.92. The van der Waals surface area contributed by atoms with E-state index in [-0.39, 0.29) is 5.75 Å². The number of nitrogens with one attached hydrogen (secondary N) is 2. The molecule has 33 heavy (non-hydrogen) atoms. The lowest BCUT2D eigenvalue weighted by Crippen LogP contribution is -2.61. The first-order valence-corrected chi connectivity index (χ1v) is 12.4. The normalized spacial score (nSPS) is 26.1. The Morgan fingerprint density at radius 3 is 2.70 bits per heavy atom. The van der Waals surface area contributed by atoms with Crippen LogP contribution in [-0.4, -0.2) is 61.9 Å². The van der Waals surface area contributed by atoms with E-state index in [4.69, 9.17) is 15.5 Å². The van der Waals surface area contributed by atoms with Crippen LogP contribution in [0.4, 0.5) is 10.1 Å². The molecule has 3 aliphatic rings. The highest BCUT2D eigenvalue weighted by Gasteiger charge is 2.30. The van der Waals surface area contributed by atoms with Gasteiger partial charge in [-0.25, -0.2) is 9.38 Å². The molecule has 1 aliphatic carbocycles. The lowest BCUT2D eigenvalue weighted by atomic mass is 10.1. The summed E-state index contributed by atoms with van der Waals surface area (Å²) in [6.07, 6.45) is 8.90. The molecule has 1 aromatic rings. The highest BCUT2D eigenvalue weighted by atomic mass is 19.1. The van der Waals surface area contributed by atoms with Crippen LogP contribution >= 0.6 is 0 Å². The van der Waals surface area contributed by atoms with Crippen molar-refractivity contribution in [3.8, 4) is 5.75 Å². The van der Waals surface area contributed by atoms with Gasteiger partial charge in [0.2, 0.25) is 11.9 Å². The Hall–Kier alpha value is -2.39. The van der Waals surface area contributed by atoms with Gasteiger partial charge in [0.25, 0.3) is 0 Å². The van der Waals surface area contributed by atoms with Crippen LogP contribution in [0.3, 0.4) is 0 Å². The van der Waals surface area contributed by atoms with Gasteiger partial charge in [0.15, 0.2) is 17.9 Å². The lowest BCUT2D eigenvalue weighted by molar-refractivity contribution is 0.273. The van der Waals surface area contributed by atoms with Crippen molar-refractivity contribution in [1.82, 2.24) is 15.5 Å². The summed E-state index contributed by atoms with van der Waals surface area (Å²) < 4.78 is 19.6. The van der Waals surface area contributed by atoms with E-state index in [0.717, 1.165) is 32.4 Å². The number of rotatable bonds is 6. The summed E-state index contributed by atoms with van der Waals surface area (Å²) in [7, 11) is 1.45. The van der Waals surface area contributed by atoms with E-state index in [1.54, 1.807) is 17.0 Å². The number of methoxy groups -OCH3 is 1. The zero-order valence-corrected chi connectivity index (χ0v) is 19.9. The van der Waals surface area contributed by atoms with E-state index in [0.29, 0.717) is 36.2 Å². The van der Waals surface area contributed by atoms with Crippen LogP contribution < -0.4 is 26.0 Å². The smallest absolute Gasteiger partial charge is 0.208 e. The molecule has 2 fully saturated rings. The largest absolute Gasteiger partial charge is 0.494 e. The van der Waals surface area contributed by atoms with Crippen molar-refractivity contribution in [2.75, 3.05) is 31.6 Å². The number of aliphatic imine (C=N–C) groups is 2. The van der Waals surface area contributed by atoms with Gasteiger partial charge in [0.05, 0.1) is 19.3 Å². The second-order valence-electron chi connectivity index (χ2n) is 9.13. The molecule has 0 bridgehead atoms. The molecule has 0 amide bonds. The molecule has 9 heteroatoms. The molecule has 2 unspecified atom stereocenters. The molecule has 0 radical (unpaired) electrons. The number of likely N-dealkylation sites (N-methyl/N-ethyl adjacent to an activating group) is 1. The molecule has 182 valence electrons. The summed E-state index contributed by atoms with van der Waals surface area (Å²) in [5.74, 6) is 0.999. The van der Waals surface area contributed by atoms with Crippen LogP contribution in [0.25, 0.3) is 0 Å². The van der Waals surface area contributed by atoms with E-state index < -0.39 is 12.1 Å². The van der Waals surface area contributed by atoms with Crippen molar-refractivity contribution in [2.45, 2.75) is 76.7 Å². The number of guanidine groups is 2. The lowest BCUT2D eigenvalue weighted by Gasteiger charge is -2.36. The summed E-state index contributed by atoms with van der Waals surface area (Å²) in [5.41, 5.74) is 7.09. The van der Waals surface area contributed by atoms with Crippen molar-refractivity contribution in [3.63, 3.8) is 0 Å². The first-order valence-electron chi connectivity index (χ1n) is 12.4. The van der Waals surface area contributed by atoms with Crippen molar-refractivity contribution in [2.24, 2.45) is 15.7 Å². The van der Waals surface area contributed by atoms with Gasteiger partial charge in [-0.2, -0.15) is 0 Å². The average molecular weight is 460 g/mol. The van der Waals surface area contributed by atoms with Gasteiger partial charge in [-0.15, -0.1) is 0 Å². The van der Waals surface area contributed by atoms with Gasteiger partial charge in [-0.05, 0) is 50.9 Å². The highest BCUT2D eigenvalue weighted by Crippen LogP contribution is 2.26. The van der Waals surface area contributed by atoms with Crippen LogP contribution in [-0.2, 0) is 0 Å². The molecule has 1 saturated heterocycles. The molecule has 2 aliphatic heterocycles. The zero-order chi connectivity index (χ0) is 23.2. The molecule has 4 rings (SSSR count). The fraction of sp³-hybridized carbons (Fsp3) is 0.667. The van der Waals surface area contributed by atoms with E-state index in [2.05, 4.69) is 27.4 Å².